The molecule has 4 nitrogen and oxygen atoms in total. The lowest BCUT2D eigenvalue weighted by Crippen LogP contribution is -2.08. The summed E-state index contributed by atoms with van der Waals surface area (Å²) in [7, 11) is 1.59. The fourth-order valence-electron chi connectivity index (χ4n) is 2.44. The highest BCUT2D eigenvalue weighted by Crippen LogP contribution is 2.35. The van der Waals surface area contributed by atoms with Crippen LogP contribution in [0.5, 0.6) is 5.88 Å². The Hall–Kier alpha value is -1.84. The fourth-order valence-corrected chi connectivity index (χ4v) is 2.44. The lowest BCUT2D eigenvalue weighted by Gasteiger charge is -2.24. The molecule has 0 saturated heterocycles. The summed E-state index contributed by atoms with van der Waals surface area (Å²) in [5.41, 5.74) is 2.18. The minimum Gasteiger partial charge on any atom is -0.481 e. The largest absolute Gasteiger partial charge is 0.481 e. The van der Waals surface area contributed by atoms with Gasteiger partial charge in [-0.1, -0.05) is 11.6 Å². The number of hydrogen-bond donors (Lipinski definition) is 1. The zero-order chi connectivity index (χ0) is 13.0. The van der Waals surface area contributed by atoms with E-state index in [4.69, 9.17) is 9.84 Å². The van der Waals surface area contributed by atoms with Crippen molar-refractivity contribution in [1.29, 1.82) is 0 Å². The Kier molecular flexibility index (Phi) is 3.97. The molecule has 96 valence electrons. The second-order valence-corrected chi connectivity index (χ2v) is 4.57. The molecule has 0 spiro atoms. The predicted octanol–water partition coefficient (Wildman–Crippen LogP) is 2.76. The number of aromatic nitrogens is 1. The second-order valence-electron chi connectivity index (χ2n) is 4.57. The monoisotopic (exact) mass is 247 g/mol. The molecule has 1 aliphatic carbocycles. The molecule has 0 amide bonds. The van der Waals surface area contributed by atoms with E-state index in [0.29, 0.717) is 11.8 Å². The fraction of sp³-hybridized carbons (Fsp3) is 0.429. The Balaban J connectivity index is 2.10. The number of rotatable bonds is 3. The topological polar surface area (TPSA) is 59.4 Å². The molecule has 0 aromatic carbocycles. The van der Waals surface area contributed by atoms with Crippen molar-refractivity contribution in [2.75, 3.05) is 7.11 Å². The number of carboxylic acids is 1. The van der Waals surface area contributed by atoms with E-state index in [9.17, 15) is 4.79 Å². The van der Waals surface area contributed by atoms with Crippen LogP contribution in [0.25, 0.3) is 0 Å². The van der Waals surface area contributed by atoms with E-state index in [1.54, 1.807) is 7.11 Å². The minimum atomic E-state index is -0.849. The smallest absolute Gasteiger partial charge is 0.328 e. The molecule has 1 atom stereocenters. The molecule has 4 heteroatoms. The summed E-state index contributed by atoms with van der Waals surface area (Å²) in [4.78, 5) is 14.9. The highest BCUT2D eigenvalue weighted by molar-refractivity contribution is 5.80. The lowest BCUT2D eigenvalue weighted by molar-refractivity contribution is -0.131. The van der Waals surface area contributed by atoms with Gasteiger partial charge in [0.1, 0.15) is 0 Å². The molecule has 0 bridgehead atoms. The van der Waals surface area contributed by atoms with Gasteiger partial charge >= 0.3 is 5.97 Å². The minimum absolute atomic E-state index is 0.378. The van der Waals surface area contributed by atoms with Crippen molar-refractivity contribution in [2.24, 2.45) is 0 Å². The highest BCUT2D eigenvalue weighted by atomic mass is 16.5. The van der Waals surface area contributed by atoms with Crippen LogP contribution in [0.4, 0.5) is 0 Å². The van der Waals surface area contributed by atoms with Gasteiger partial charge in [0.25, 0.3) is 0 Å². The first-order valence-electron chi connectivity index (χ1n) is 6.11. The summed E-state index contributed by atoms with van der Waals surface area (Å²) in [6.45, 7) is 0. The molecule has 1 unspecified atom stereocenters. The second kappa shape index (κ2) is 5.67. The number of aliphatic carboxylic acids is 1. The van der Waals surface area contributed by atoms with E-state index < -0.39 is 5.97 Å². The number of nitrogens with zero attached hydrogens (tertiary/aromatic N) is 1. The van der Waals surface area contributed by atoms with Crippen LogP contribution in [-0.2, 0) is 4.79 Å². The molecule has 1 aromatic rings. The first-order chi connectivity index (χ1) is 8.69. The van der Waals surface area contributed by atoms with E-state index >= 15 is 0 Å². The van der Waals surface area contributed by atoms with Crippen LogP contribution in [0.3, 0.4) is 0 Å². The molecule has 1 aromatic heterocycles. The van der Waals surface area contributed by atoms with Crippen LogP contribution in [-0.4, -0.2) is 23.2 Å². The van der Waals surface area contributed by atoms with Gasteiger partial charge in [0, 0.05) is 18.3 Å². The van der Waals surface area contributed by atoms with Gasteiger partial charge in [-0.25, -0.2) is 9.78 Å². The van der Waals surface area contributed by atoms with E-state index in [1.807, 2.05) is 18.3 Å². The number of carbonyl (C=O) groups is 1. The number of ether oxygens (including phenoxy) is 1. The van der Waals surface area contributed by atoms with Crippen molar-refractivity contribution >= 4 is 5.97 Å². The van der Waals surface area contributed by atoms with Gasteiger partial charge < -0.3 is 9.84 Å². The maximum Gasteiger partial charge on any atom is 0.328 e. The molecular weight excluding hydrogens is 230 g/mol. The van der Waals surface area contributed by atoms with Crippen molar-refractivity contribution in [3.63, 3.8) is 0 Å². The highest BCUT2D eigenvalue weighted by Gasteiger charge is 2.19. The average Bonchev–Trinajstić information content (AvgIpc) is 2.38. The van der Waals surface area contributed by atoms with Crippen LogP contribution in [0, 0.1) is 0 Å². The average molecular weight is 247 g/mol. The van der Waals surface area contributed by atoms with E-state index in [2.05, 4.69) is 4.98 Å². The van der Waals surface area contributed by atoms with Crippen LogP contribution < -0.4 is 4.74 Å². The Bertz CT molecular complexity index is 451. The number of pyridine rings is 1. The third-order valence-corrected chi connectivity index (χ3v) is 3.33. The number of allylic oxidation sites excluding steroid dienone is 1. The zero-order valence-corrected chi connectivity index (χ0v) is 10.4. The van der Waals surface area contributed by atoms with E-state index in [0.717, 1.165) is 36.8 Å². The summed E-state index contributed by atoms with van der Waals surface area (Å²) in [6, 6.07) is 3.87. The normalized spacial score (nSPS) is 21.8. The first-order valence-corrected chi connectivity index (χ1v) is 6.11. The van der Waals surface area contributed by atoms with Crippen molar-refractivity contribution in [1.82, 2.24) is 4.98 Å². The summed E-state index contributed by atoms with van der Waals surface area (Å²) < 4.78 is 5.03. The molecule has 1 aliphatic rings. The van der Waals surface area contributed by atoms with Gasteiger partial charge in [-0.15, -0.1) is 0 Å². The molecule has 1 fully saturated rings. The van der Waals surface area contributed by atoms with Gasteiger partial charge in [-0.2, -0.15) is 0 Å². The van der Waals surface area contributed by atoms with Crippen molar-refractivity contribution in [2.45, 2.75) is 31.6 Å². The Morgan fingerprint density at radius 1 is 1.56 bits per heavy atom. The van der Waals surface area contributed by atoms with Gasteiger partial charge in [0.15, 0.2) is 0 Å². The Morgan fingerprint density at radius 3 is 3.00 bits per heavy atom. The first kappa shape index (κ1) is 12.6. The molecular formula is C14H17NO3. The van der Waals surface area contributed by atoms with Gasteiger partial charge in [0.2, 0.25) is 5.88 Å². The molecule has 2 rings (SSSR count). The number of hydrogen-bond acceptors (Lipinski definition) is 3. The molecule has 1 saturated carbocycles. The van der Waals surface area contributed by atoms with Gasteiger partial charge in [-0.05, 0) is 37.2 Å². The summed E-state index contributed by atoms with van der Waals surface area (Å²) in [6.07, 6.45) is 7.02. The molecule has 0 radical (unpaired) electrons. The summed E-state index contributed by atoms with van der Waals surface area (Å²) in [5.74, 6) is 0.136. The predicted molar refractivity (Wildman–Crippen MR) is 67.7 cm³/mol. The van der Waals surface area contributed by atoms with Gasteiger partial charge in [-0.3, -0.25) is 0 Å². The molecule has 0 aliphatic heterocycles. The van der Waals surface area contributed by atoms with Gasteiger partial charge in [0.05, 0.1) is 7.11 Å². The molecule has 18 heavy (non-hydrogen) atoms. The standard InChI is InChI=1S/C14H17NO3/c1-18-13-6-5-12(9-15-13)11-4-2-3-10(7-11)8-14(16)17/h5-6,8-9,11H,2-4,7H2,1H3,(H,16,17). The maximum absolute atomic E-state index is 10.7. The van der Waals surface area contributed by atoms with Crippen LogP contribution >= 0.6 is 0 Å². The quantitative estimate of drug-likeness (QED) is 0.834. The van der Waals surface area contributed by atoms with Crippen LogP contribution in [0.2, 0.25) is 0 Å². The number of methoxy groups -OCH3 is 1. The molecule has 1 heterocycles. The Labute approximate surface area is 106 Å². The molecule has 1 N–H and O–H groups in total. The SMILES string of the molecule is COc1ccc(C2CCCC(=CC(=O)O)C2)cn1. The summed E-state index contributed by atoms with van der Waals surface area (Å²) in [5, 5.41) is 8.79. The lowest BCUT2D eigenvalue weighted by atomic mass is 9.81. The number of carboxylic acid groups (broad SMARTS) is 1. The van der Waals surface area contributed by atoms with E-state index in [-0.39, 0.29) is 0 Å². The maximum atomic E-state index is 10.7. The van der Waals surface area contributed by atoms with Crippen molar-refractivity contribution in [3.05, 3.63) is 35.5 Å². The van der Waals surface area contributed by atoms with Crippen molar-refractivity contribution in [3.8, 4) is 5.88 Å². The van der Waals surface area contributed by atoms with Crippen LogP contribution in [0.1, 0.15) is 37.2 Å². The Morgan fingerprint density at radius 2 is 2.39 bits per heavy atom. The van der Waals surface area contributed by atoms with Crippen LogP contribution in [0.15, 0.2) is 30.0 Å². The third-order valence-electron chi connectivity index (χ3n) is 3.33. The summed E-state index contributed by atoms with van der Waals surface area (Å²) >= 11 is 0. The third kappa shape index (κ3) is 3.09. The van der Waals surface area contributed by atoms with Crippen molar-refractivity contribution < 1.29 is 14.6 Å². The van der Waals surface area contributed by atoms with E-state index in [1.165, 1.54) is 6.08 Å². The zero-order valence-electron chi connectivity index (χ0n) is 10.4.